The predicted molar refractivity (Wildman–Crippen MR) is 67.6 cm³/mol. The molecule has 118 valence electrons. The number of alkyl halides is 6. The quantitative estimate of drug-likeness (QED) is 0.300. The van der Waals surface area contributed by atoms with Crippen LogP contribution in [0.15, 0.2) is 35.5 Å². The first-order chi connectivity index (χ1) is 8.21. The Morgan fingerprint density at radius 3 is 1.10 bits per heavy atom. The van der Waals surface area contributed by atoms with Gasteiger partial charge in [-0.25, -0.2) is 12.2 Å². The Bertz CT molecular complexity index is 378. The van der Waals surface area contributed by atoms with Crippen molar-refractivity contribution in [1.29, 1.82) is 0 Å². The molecular formula is C12H10Cl2F6Ti. The molecule has 0 atom stereocenters. The second-order valence-corrected chi connectivity index (χ2v) is 3.39. The molecule has 2 aliphatic rings. The van der Waals surface area contributed by atoms with E-state index in [0.717, 1.165) is 12.2 Å². The van der Waals surface area contributed by atoms with E-state index in [1.807, 2.05) is 0 Å². The van der Waals surface area contributed by atoms with Crippen molar-refractivity contribution in [3.05, 3.63) is 47.6 Å². The molecule has 0 bridgehead atoms. The largest absolute Gasteiger partial charge is 2.00 e. The number of halogens is 8. The Morgan fingerprint density at radius 2 is 1.00 bits per heavy atom. The minimum atomic E-state index is -4.20. The molecule has 0 aliphatic heterocycles. The van der Waals surface area contributed by atoms with Crippen molar-refractivity contribution in [3.63, 3.8) is 0 Å². The zero-order valence-electron chi connectivity index (χ0n) is 10.3. The van der Waals surface area contributed by atoms with Crippen LogP contribution in [0.4, 0.5) is 26.3 Å². The molecular weight excluding hydrogens is 377 g/mol. The van der Waals surface area contributed by atoms with Crippen LogP contribution in [0.5, 0.6) is 0 Å². The molecule has 0 amide bonds. The normalized spacial score (nSPS) is 15.7. The zero-order valence-corrected chi connectivity index (χ0v) is 13.5. The topological polar surface area (TPSA) is 0 Å². The Kier molecular flexibility index (Phi) is 12.9. The van der Waals surface area contributed by atoms with Crippen LogP contribution in [0.25, 0.3) is 0 Å². The van der Waals surface area contributed by atoms with Crippen molar-refractivity contribution >= 4 is 24.8 Å². The first-order valence-corrected chi connectivity index (χ1v) is 4.90. The monoisotopic (exact) mass is 386 g/mol. The fourth-order valence-corrected chi connectivity index (χ4v) is 1.20. The molecule has 0 saturated heterocycles. The molecule has 2 rings (SSSR count). The summed E-state index contributed by atoms with van der Waals surface area (Å²) >= 11 is 0. The summed E-state index contributed by atoms with van der Waals surface area (Å²) in [5.74, 6) is 0. The van der Waals surface area contributed by atoms with Gasteiger partial charge in [0.15, 0.2) is 0 Å². The van der Waals surface area contributed by atoms with E-state index in [0.29, 0.717) is 0 Å². The molecule has 0 fully saturated rings. The van der Waals surface area contributed by atoms with E-state index in [1.165, 1.54) is 12.2 Å². The van der Waals surface area contributed by atoms with Gasteiger partial charge in [0.1, 0.15) is 0 Å². The summed E-state index contributed by atoms with van der Waals surface area (Å²) < 4.78 is 69.7. The van der Waals surface area contributed by atoms with Gasteiger partial charge in [-0.15, -0.1) is 48.8 Å². The third-order valence-corrected chi connectivity index (χ3v) is 2.00. The molecule has 2 aliphatic carbocycles. The number of allylic oxidation sites excluding steroid dienone is 8. The van der Waals surface area contributed by atoms with Gasteiger partial charge in [-0.1, -0.05) is 0 Å². The van der Waals surface area contributed by atoms with E-state index < -0.39 is 23.5 Å². The van der Waals surface area contributed by atoms with Crippen LogP contribution in [0.3, 0.4) is 0 Å². The summed E-state index contributed by atoms with van der Waals surface area (Å²) in [4.78, 5) is 0. The van der Waals surface area contributed by atoms with Gasteiger partial charge in [0, 0.05) is 0 Å². The van der Waals surface area contributed by atoms with Crippen molar-refractivity contribution < 1.29 is 48.1 Å². The maximum atomic E-state index is 11.6. The average molecular weight is 387 g/mol. The average Bonchev–Trinajstić information content (AvgIpc) is 2.91. The van der Waals surface area contributed by atoms with E-state index in [9.17, 15) is 26.3 Å². The van der Waals surface area contributed by atoms with Gasteiger partial charge in [-0.05, 0) is 0 Å². The van der Waals surface area contributed by atoms with E-state index >= 15 is 0 Å². The number of rotatable bonds is 0. The van der Waals surface area contributed by atoms with Gasteiger partial charge < -0.3 is 0 Å². The minimum Gasteiger partial charge on any atom is -0.261 e. The molecule has 0 heterocycles. The van der Waals surface area contributed by atoms with E-state index in [-0.39, 0.29) is 59.4 Å². The van der Waals surface area contributed by atoms with Gasteiger partial charge >= 0.3 is 34.1 Å². The molecule has 0 unspecified atom stereocenters. The summed E-state index contributed by atoms with van der Waals surface area (Å²) in [6.45, 7) is 0. The summed E-state index contributed by atoms with van der Waals surface area (Å²) in [6, 6.07) is 0. The summed E-state index contributed by atoms with van der Waals surface area (Å²) in [7, 11) is 0. The minimum absolute atomic E-state index is 0. The molecule has 0 radical (unpaired) electrons. The molecule has 0 N–H and O–H groups in total. The SMILES string of the molecule is Cl.Cl.FC(F)(F)C1=[C-]CC=C1.FC(F)(F)C1=[C-]CC=C1.[Ti+2]. The van der Waals surface area contributed by atoms with Crippen LogP contribution < -0.4 is 0 Å². The Labute approximate surface area is 145 Å². The standard InChI is InChI=1S/2C6H4F3.2ClH.Ti/c2*7-6(8,9)5-3-1-2-4-5;;;/h2*1,3H,2H2;2*1H;/q2*-1;;;+2. The molecule has 0 aromatic rings. The van der Waals surface area contributed by atoms with Gasteiger partial charge in [0.2, 0.25) is 0 Å². The van der Waals surface area contributed by atoms with E-state index in [1.54, 1.807) is 0 Å². The number of hydrogen-bond acceptors (Lipinski definition) is 0. The Balaban J connectivity index is -0.000000270. The zero-order chi connectivity index (χ0) is 13.8. The molecule has 9 heteroatoms. The van der Waals surface area contributed by atoms with Crippen LogP contribution in [0, 0.1) is 12.2 Å². The maximum Gasteiger partial charge on any atom is 2.00 e. The first kappa shape index (κ1) is 25.8. The van der Waals surface area contributed by atoms with Gasteiger partial charge in [-0.2, -0.15) is 38.5 Å². The molecule has 0 aromatic heterocycles. The van der Waals surface area contributed by atoms with Crippen molar-refractivity contribution in [3.8, 4) is 0 Å². The summed E-state index contributed by atoms with van der Waals surface area (Å²) in [5.41, 5.74) is -1.30. The molecule has 0 saturated carbocycles. The van der Waals surface area contributed by atoms with Crippen LogP contribution in [-0.4, -0.2) is 12.4 Å². The van der Waals surface area contributed by atoms with E-state index in [4.69, 9.17) is 0 Å². The third kappa shape index (κ3) is 9.45. The van der Waals surface area contributed by atoms with Crippen LogP contribution in [0.1, 0.15) is 12.8 Å². The van der Waals surface area contributed by atoms with Gasteiger partial charge in [0.25, 0.3) is 0 Å². The first-order valence-electron chi connectivity index (χ1n) is 4.90. The second-order valence-electron chi connectivity index (χ2n) is 3.39. The summed E-state index contributed by atoms with van der Waals surface area (Å²) in [5, 5.41) is 0. The van der Waals surface area contributed by atoms with E-state index in [2.05, 4.69) is 12.2 Å². The van der Waals surface area contributed by atoms with Crippen molar-refractivity contribution in [2.24, 2.45) is 0 Å². The van der Waals surface area contributed by atoms with Crippen LogP contribution in [-0.2, 0) is 21.7 Å². The molecule has 21 heavy (non-hydrogen) atoms. The maximum absolute atomic E-state index is 11.6. The van der Waals surface area contributed by atoms with Crippen LogP contribution >= 0.6 is 24.8 Å². The Morgan fingerprint density at radius 1 is 0.714 bits per heavy atom. The van der Waals surface area contributed by atoms with Crippen molar-refractivity contribution in [2.45, 2.75) is 25.2 Å². The molecule has 0 spiro atoms. The molecule has 0 nitrogen and oxygen atoms in total. The predicted octanol–water partition coefficient (Wildman–Crippen LogP) is 5.32. The fraction of sp³-hybridized carbons (Fsp3) is 0.333. The smallest absolute Gasteiger partial charge is 0.261 e. The van der Waals surface area contributed by atoms with Crippen molar-refractivity contribution in [1.82, 2.24) is 0 Å². The Hall–Kier alpha value is -0.166. The second kappa shape index (κ2) is 10.5. The van der Waals surface area contributed by atoms with Crippen molar-refractivity contribution in [2.75, 3.05) is 0 Å². The van der Waals surface area contributed by atoms with Gasteiger partial charge in [0.05, 0.1) is 0 Å². The van der Waals surface area contributed by atoms with Crippen LogP contribution in [0.2, 0.25) is 0 Å². The van der Waals surface area contributed by atoms with Gasteiger partial charge in [-0.3, -0.25) is 12.2 Å². The summed E-state index contributed by atoms with van der Waals surface area (Å²) in [6.07, 6.45) is 1.47. The fourth-order valence-electron chi connectivity index (χ4n) is 1.20. The third-order valence-electron chi connectivity index (χ3n) is 2.00. The number of hydrogen-bond donors (Lipinski definition) is 0. The molecule has 0 aromatic carbocycles.